The van der Waals surface area contributed by atoms with Crippen LogP contribution >= 0.6 is 0 Å². The second kappa shape index (κ2) is 9.01. The highest BCUT2D eigenvalue weighted by Gasteiger charge is 2.38. The zero-order chi connectivity index (χ0) is 23.7. The van der Waals surface area contributed by atoms with Crippen LogP contribution in [0.2, 0.25) is 0 Å². The van der Waals surface area contributed by atoms with Crippen LogP contribution in [0.15, 0.2) is 48.5 Å². The van der Waals surface area contributed by atoms with Gasteiger partial charge in [0.2, 0.25) is 0 Å². The number of ether oxygens (including phenoxy) is 1. The van der Waals surface area contributed by atoms with Crippen LogP contribution < -0.4 is 0 Å². The number of nitrogens with zero attached hydrogens (tertiary/aromatic N) is 1. The van der Waals surface area contributed by atoms with E-state index in [1.165, 1.54) is 11.8 Å². The van der Waals surface area contributed by atoms with Crippen molar-refractivity contribution in [2.75, 3.05) is 13.1 Å². The van der Waals surface area contributed by atoms with E-state index in [4.69, 9.17) is 4.74 Å². The van der Waals surface area contributed by atoms with Crippen molar-refractivity contribution in [2.45, 2.75) is 43.8 Å². The van der Waals surface area contributed by atoms with Crippen molar-refractivity contribution in [3.8, 4) is 0 Å². The first-order valence-corrected chi connectivity index (χ1v) is 9.84. The maximum Gasteiger partial charge on any atom is 0.416 e. The lowest BCUT2D eigenvalue weighted by molar-refractivity contribution is -0.143. The van der Waals surface area contributed by atoms with Crippen molar-refractivity contribution in [1.29, 1.82) is 0 Å². The summed E-state index contributed by atoms with van der Waals surface area (Å²) in [5.41, 5.74) is -2.29. The van der Waals surface area contributed by atoms with Gasteiger partial charge < -0.3 is 14.7 Å². The summed E-state index contributed by atoms with van der Waals surface area (Å²) < 4.78 is 85.1. The van der Waals surface area contributed by atoms with Gasteiger partial charge in [-0.1, -0.05) is 30.3 Å². The van der Waals surface area contributed by atoms with Gasteiger partial charge in [0.25, 0.3) is 0 Å². The van der Waals surface area contributed by atoms with Gasteiger partial charge in [-0.25, -0.2) is 4.79 Å². The summed E-state index contributed by atoms with van der Waals surface area (Å²) in [7, 11) is 0. The highest BCUT2D eigenvalue weighted by Crippen LogP contribution is 2.39. The fourth-order valence-corrected chi connectivity index (χ4v) is 3.84. The fourth-order valence-electron chi connectivity index (χ4n) is 3.84. The van der Waals surface area contributed by atoms with E-state index in [0.717, 1.165) is 5.56 Å². The van der Waals surface area contributed by atoms with Gasteiger partial charge in [0.1, 0.15) is 0 Å². The monoisotopic (exact) mass is 461 g/mol. The number of hydrogen-bond acceptors (Lipinski definition) is 2. The predicted octanol–water partition coefficient (Wildman–Crippen LogP) is 6.34. The van der Waals surface area contributed by atoms with E-state index < -0.39 is 47.7 Å². The van der Waals surface area contributed by atoms with E-state index in [1.54, 1.807) is 30.3 Å². The molecule has 2 aromatic carbocycles. The first-order chi connectivity index (χ1) is 14.9. The zero-order valence-electron chi connectivity index (χ0n) is 17.0. The highest BCUT2D eigenvalue weighted by molar-refractivity contribution is 5.65. The summed E-state index contributed by atoms with van der Waals surface area (Å²) in [6.07, 6.45) is -12.4. The largest absolute Gasteiger partial charge is 0.465 e. The van der Waals surface area contributed by atoms with Crippen molar-refractivity contribution < 1.29 is 41.0 Å². The lowest BCUT2D eigenvalue weighted by atomic mass is 9.87. The van der Waals surface area contributed by atoms with E-state index in [1.807, 2.05) is 0 Å². The normalized spacial score (nSPS) is 20.8. The standard InChI is InChI=1S/C22H21F6NO3/c1-13(15-9-16(21(23,24)25)11-17(10-15)22(26,27)28)32-19-7-8-29(20(30)31)12-18(19)14-5-3-2-4-6-14/h2-6,9-11,13,18-19H,7-8,12H2,1H3,(H,30,31). The molecule has 1 aliphatic rings. The van der Waals surface area contributed by atoms with Gasteiger partial charge >= 0.3 is 18.4 Å². The Morgan fingerprint density at radius 3 is 2.09 bits per heavy atom. The van der Waals surface area contributed by atoms with Gasteiger partial charge in [0, 0.05) is 19.0 Å². The van der Waals surface area contributed by atoms with Crippen LogP contribution in [-0.4, -0.2) is 35.3 Å². The molecule has 1 fully saturated rings. The van der Waals surface area contributed by atoms with Crippen LogP contribution in [0.25, 0.3) is 0 Å². The molecule has 3 unspecified atom stereocenters. The van der Waals surface area contributed by atoms with Crippen molar-refractivity contribution in [3.63, 3.8) is 0 Å². The number of hydrogen-bond donors (Lipinski definition) is 1. The number of benzene rings is 2. The summed E-state index contributed by atoms with van der Waals surface area (Å²) >= 11 is 0. The molecule has 2 aromatic rings. The molecule has 4 nitrogen and oxygen atoms in total. The second-order valence-corrected chi connectivity index (χ2v) is 7.69. The Morgan fingerprint density at radius 2 is 1.59 bits per heavy atom. The Labute approximate surface area is 180 Å². The van der Waals surface area contributed by atoms with E-state index in [2.05, 4.69) is 0 Å². The minimum absolute atomic E-state index is 0.0777. The first-order valence-electron chi connectivity index (χ1n) is 9.84. The van der Waals surface area contributed by atoms with E-state index in [0.29, 0.717) is 12.1 Å². The minimum atomic E-state index is -4.95. The Balaban J connectivity index is 1.90. The van der Waals surface area contributed by atoms with E-state index in [-0.39, 0.29) is 31.1 Å². The summed E-state index contributed by atoms with van der Waals surface area (Å²) in [5, 5.41) is 9.33. The molecule has 1 heterocycles. The number of alkyl halides is 6. The molecule has 0 bridgehead atoms. The Bertz CT molecular complexity index is 913. The van der Waals surface area contributed by atoms with Gasteiger partial charge in [-0.2, -0.15) is 26.3 Å². The summed E-state index contributed by atoms with van der Waals surface area (Å²) in [6.45, 7) is 1.64. The summed E-state index contributed by atoms with van der Waals surface area (Å²) in [5.74, 6) is -0.420. The molecule has 0 saturated carbocycles. The Hall–Kier alpha value is -2.75. The SMILES string of the molecule is CC(OC1CCN(C(=O)O)CC1c1ccccc1)c1cc(C(F)(F)F)cc(C(F)(F)F)c1. The molecule has 0 aliphatic carbocycles. The Morgan fingerprint density at radius 1 is 1.03 bits per heavy atom. The molecule has 1 aliphatic heterocycles. The zero-order valence-corrected chi connectivity index (χ0v) is 17.0. The van der Waals surface area contributed by atoms with Gasteiger partial charge in [-0.3, -0.25) is 0 Å². The molecule has 10 heteroatoms. The third-order valence-electron chi connectivity index (χ3n) is 5.51. The summed E-state index contributed by atoms with van der Waals surface area (Å²) in [6, 6.07) is 10.3. The minimum Gasteiger partial charge on any atom is -0.465 e. The Kier molecular flexibility index (Phi) is 6.73. The van der Waals surface area contributed by atoms with Crippen molar-refractivity contribution in [3.05, 3.63) is 70.8 Å². The molecule has 3 atom stereocenters. The smallest absolute Gasteiger partial charge is 0.416 e. The topological polar surface area (TPSA) is 49.8 Å². The van der Waals surface area contributed by atoms with E-state index in [9.17, 15) is 36.2 Å². The molecule has 0 aromatic heterocycles. The molecule has 0 spiro atoms. The predicted molar refractivity (Wildman–Crippen MR) is 103 cm³/mol. The average Bonchev–Trinajstić information content (AvgIpc) is 2.73. The van der Waals surface area contributed by atoms with Gasteiger partial charge in [0.15, 0.2) is 0 Å². The van der Waals surface area contributed by atoms with Crippen molar-refractivity contribution in [2.24, 2.45) is 0 Å². The van der Waals surface area contributed by atoms with Gasteiger partial charge in [-0.15, -0.1) is 0 Å². The number of rotatable bonds is 4. The van der Waals surface area contributed by atoms with Crippen LogP contribution in [0.1, 0.15) is 47.6 Å². The van der Waals surface area contributed by atoms with Crippen molar-refractivity contribution >= 4 is 6.09 Å². The first kappa shape index (κ1) is 23.9. The van der Waals surface area contributed by atoms with E-state index >= 15 is 0 Å². The number of carbonyl (C=O) groups is 1. The maximum absolute atomic E-state index is 13.2. The average molecular weight is 461 g/mol. The fraction of sp³-hybridized carbons (Fsp3) is 0.409. The van der Waals surface area contributed by atoms with Crippen LogP contribution in [0.3, 0.4) is 0 Å². The third-order valence-corrected chi connectivity index (χ3v) is 5.51. The number of amides is 1. The molecule has 1 amide bonds. The number of piperidine rings is 1. The second-order valence-electron chi connectivity index (χ2n) is 7.69. The van der Waals surface area contributed by atoms with Crippen LogP contribution in [0.5, 0.6) is 0 Å². The molecule has 32 heavy (non-hydrogen) atoms. The number of likely N-dealkylation sites (tertiary alicyclic amines) is 1. The molecular weight excluding hydrogens is 440 g/mol. The van der Waals surface area contributed by atoms with Crippen LogP contribution in [0.4, 0.5) is 31.1 Å². The summed E-state index contributed by atoms with van der Waals surface area (Å²) in [4.78, 5) is 12.6. The molecular formula is C22H21F6NO3. The molecule has 0 radical (unpaired) electrons. The number of carboxylic acid groups (broad SMARTS) is 1. The van der Waals surface area contributed by atoms with Crippen LogP contribution in [0, 0.1) is 0 Å². The third kappa shape index (κ3) is 5.53. The lowest BCUT2D eigenvalue weighted by Crippen LogP contribution is -2.45. The molecule has 1 N–H and O–H groups in total. The van der Waals surface area contributed by atoms with Crippen LogP contribution in [-0.2, 0) is 17.1 Å². The maximum atomic E-state index is 13.2. The molecule has 3 rings (SSSR count). The molecule has 1 saturated heterocycles. The number of halogens is 6. The lowest BCUT2D eigenvalue weighted by Gasteiger charge is -2.38. The molecule has 174 valence electrons. The van der Waals surface area contributed by atoms with Gasteiger partial charge in [0.05, 0.1) is 23.3 Å². The quantitative estimate of drug-likeness (QED) is 0.541. The van der Waals surface area contributed by atoms with Crippen molar-refractivity contribution in [1.82, 2.24) is 4.90 Å². The highest BCUT2D eigenvalue weighted by atomic mass is 19.4. The van der Waals surface area contributed by atoms with Gasteiger partial charge in [-0.05, 0) is 42.7 Å².